The van der Waals surface area contributed by atoms with E-state index in [0.29, 0.717) is 0 Å². The Morgan fingerprint density at radius 2 is 1.90 bits per heavy atom. The topological polar surface area (TPSA) is 26.0 Å². The molecule has 2 aromatic rings. The molecule has 106 valence electrons. The SMILES string of the molecule is CCC(N)C(Sc1ccc(Cl)cc1)c1cccc(Br)c1. The number of hydrogen-bond donors (Lipinski definition) is 1. The van der Waals surface area contributed by atoms with E-state index in [1.165, 1.54) is 10.5 Å². The second kappa shape index (κ2) is 7.51. The van der Waals surface area contributed by atoms with Crippen molar-refractivity contribution in [2.24, 2.45) is 5.73 Å². The largest absolute Gasteiger partial charge is 0.326 e. The minimum Gasteiger partial charge on any atom is -0.326 e. The van der Waals surface area contributed by atoms with E-state index in [9.17, 15) is 0 Å². The van der Waals surface area contributed by atoms with Gasteiger partial charge in [0.05, 0.1) is 0 Å². The lowest BCUT2D eigenvalue weighted by Crippen LogP contribution is -2.25. The zero-order chi connectivity index (χ0) is 14.5. The summed E-state index contributed by atoms with van der Waals surface area (Å²) in [5.41, 5.74) is 7.56. The fourth-order valence-corrected chi connectivity index (χ4v) is 3.74. The third kappa shape index (κ3) is 4.26. The smallest absolute Gasteiger partial charge is 0.0495 e. The normalized spacial score (nSPS) is 14.0. The molecular formula is C16H17BrClNS. The fourth-order valence-electron chi connectivity index (χ4n) is 1.96. The van der Waals surface area contributed by atoms with Crippen LogP contribution in [0, 0.1) is 0 Å². The van der Waals surface area contributed by atoms with Crippen molar-refractivity contribution in [1.82, 2.24) is 0 Å². The number of rotatable bonds is 5. The van der Waals surface area contributed by atoms with E-state index in [1.807, 2.05) is 30.3 Å². The van der Waals surface area contributed by atoms with Crippen LogP contribution in [-0.4, -0.2) is 6.04 Å². The molecule has 1 nitrogen and oxygen atoms in total. The Labute approximate surface area is 138 Å². The van der Waals surface area contributed by atoms with Gasteiger partial charge in [-0.05, 0) is 48.4 Å². The Morgan fingerprint density at radius 3 is 2.50 bits per heavy atom. The number of halogens is 2. The Morgan fingerprint density at radius 1 is 1.20 bits per heavy atom. The van der Waals surface area contributed by atoms with Crippen LogP contribution in [0.3, 0.4) is 0 Å². The summed E-state index contributed by atoms with van der Waals surface area (Å²) in [6.07, 6.45) is 0.942. The van der Waals surface area contributed by atoms with Crippen molar-refractivity contribution in [1.29, 1.82) is 0 Å². The molecule has 2 unspecified atom stereocenters. The lowest BCUT2D eigenvalue weighted by atomic mass is 10.0. The average molecular weight is 371 g/mol. The highest BCUT2D eigenvalue weighted by atomic mass is 79.9. The maximum atomic E-state index is 6.31. The van der Waals surface area contributed by atoms with Crippen molar-refractivity contribution in [3.63, 3.8) is 0 Å². The zero-order valence-electron chi connectivity index (χ0n) is 11.2. The molecule has 0 aromatic heterocycles. The summed E-state index contributed by atoms with van der Waals surface area (Å²) in [5, 5.41) is 0.992. The predicted molar refractivity (Wildman–Crippen MR) is 92.5 cm³/mol. The summed E-state index contributed by atoms with van der Waals surface area (Å²) in [6.45, 7) is 2.12. The Hall–Kier alpha value is -0.480. The molecule has 0 fully saturated rings. The minimum atomic E-state index is 0.116. The Balaban J connectivity index is 2.26. The molecule has 0 saturated heterocycles. The van der Waals surface area contributed by atoms with E-state index in [0.717, 1.165) is 15.9 Å². The lowest BCUT2D eigenvalue weighted by molar-refractivity contribution is 0.634. The molecule has 0 heterocycles. The first-order valence-electron chi connectivity index (χ1n) is 6.53. The predicted octanol–water partition coefficient (Wildman–Crippen LogP) is 5.67. The van der Waals surface area contributed by atoms with E-state index in [2.05, 4.69) is 41.1 Å². The molecule has 0 bridgehead atoms. The van der Waals surface area contributed by atoms with Gasteiger partial charge in [0.2, 0.25) is 0 Å². The van der Waals surface area contributed by atoms with Crippen molar-refractivity contribution in [2.45, 2.75) is 29.5 Å². The first-order chi connectivity index (χ1) is 9.60. The molecule has 0 aliphatic rings. The lowest BCUT2D eigenvalue weighted by Gasteiger charge is -2.23. The molecule has 0 saturated carbocycles. The van der Waals surface area contributed by atoms with Gasteiger partial charge in [-0.2, -0.15) is 0 Å². The first-order valence-corrected chi connectivity index (χ1v) is 8.58. The molecule has 0 aliphatic heterocycles. The van der Waals surface area contributed by atoms with Gasteiger partial charge in [0.15, 0.2) is 0 Å². The number of benzene rings is 2. The van der Waals surface area contributed by atoms with Crippen molar-refractivity contribution in [2.75, 3.05) is 0 Å². The summed E-state index contributed by atoms with van der Waals surface area (Å²) in [4.78, 5) is 1.18. The number of nitrogens with two attached hydrogens (primary N) is 1. The zero-order valence-corrected chi connectivity index (χ0v) is 14.4. The van der Waals surface area contributed by atoms with Gasteiger partial charge in [0, 0.05) is 25.7 Å². The quantitative estimate of drug-likeness (QED) is 0.686. The molecule has 0 radical (unpaired) electrons. The van der Waals surface area contributed by atoms with Crippen LogP contribution in [0.4, 0.5) is 0 Å². The molecule has 2 atom stereocenters. The minimum absolute atomic E-state index is 0.116. The molecule has 2 aromatic carbocycles. The van der Waals surface area contributed by atoms with Gasteiger partial charge in [-0.1, -0.05) is 46.6 Å². The molecule has 20 heavy (non-hydrogen) atoms. The maximum absolute atomic E-state index is 6.31. The van der Waals surface area contributed by atoms with E-state index >= 15 is 0 Å². The maximum Gasteiger partial charge on any atom is 0.0495 e. The van der Waals surface area contributed by atoms with Crippen molar-refractivity contribution < 1.29 is 0 Å². The molecular weight excluding hydrogens is 354 g/mol. The highest BCUT2D eigenvalue weighted by Gasteiger charge is 2.20. The third-order valence-electron chi connectivity index (χ3n) is 3.11. The molecule has 4 heteroatoms. The van der Waals surface area contributed by atoms with Crippen LogP contribution < -0.4 is 5.73 Å². The van der Waals surface area contributed by atoms with Crippen molar-refractivity contribution >= 4 is 39.3 Å². The fraction of sp³-hybridized carbons (Fsp3) is 0.250. The summed E-state index contributed by atoms with van der Waals surface area (Å²) < 4.78 is 1.08. The van der Waals surface area contributed by atoms with Gasteiger partial charge in [0.1, 0.15) is 0 Å². The summed E-state index contributed by atoms with van der Waals surface area (Å²) in [7, 11) is 0. The van der Waals surface area contributed by atoms with Crippen LogP contribution in [0.15, 0.2) is 57.9 Å². The summed E-state index contributed by atoms with van der Waals surface area (Å²) >= 11 is 11.3. The van der Waals surface area contributed by atoms with Crippen molar-refractivity contribution in [3.8, 4) is 0 Å². The number of thioether (sulfide) groups is 1. The van der Waals surface area contributed by atoms with Gasteiger partial charge >= 0.3 is 0 Å². The molecule has 2 N–H and O–H groups in total. The molecule has 0 aliphatic carbocycles. The van der Waals surface area contributed by atoms with Crippen LogP contribution in [0.2, 0.25) is 5.02 Å². The average Bonchev–Trinajstić information content (AvgIpc) is 2.46. The van der Waals surface area contributed by atoms with E-state index < -0.39 is 0 Å². The third-order valence-corrected chi connectivity index (χ3v) is 5.28. The van der Waals surface area contributed by atoms with Gasteiger partial charge < -0.3 is 5.73 Å². The van der Waals surface area contributed by atoms with Crippen LogP contribution in [-0.2, 0) is 0 Å². The van der Waals surface area contributed by atoms with Crippen LogP contribution in [0.5, 0.6) is 0 Å². The van der Waals surface area contributed by atoms with Crippen molar-refractivity contribution in [3.05, 3.63) is 63.6 Å². The van der Waals surface area contributed by atoms with Gasteiger partial charge in [-0.25, -0.2) is 0 Å². The molecule has 0 spiro atoms. The van der Waals surface area contributed by atoms with E-state index in [1.54, 1.807) is 11.8 Å². The second-order valence-corrected chi connectivity index (χ2v) is 7.19. The first kappa shape index (κ1) is 15.9. The Bertz CT molecular complexity index is 559. The van der Waals surface area contributed by atoms with E-state index in [4.69, 9.17) is 17.3 Å². The molecule has 0 amide bonds. The summed E-state index contributed by atoms with van der Waals surface area (Å²) in [6, 6.07) is 16.4. The highest BCUT2D eigenvalue weighted by molar-refractivity contribution is 9.10. The van der Waals surface area contributed by atoms with E-state index in [-0.39, 0.29) is 11.3 Å². The van der Waals surface area contributed by atoms with Gasteiger partial charge in [0.25, 0.3) is 0 Å². The van der Waals surface area contributed by atoms with Crippen LogP contribution in [0.1, 0.15) is 24.2 Å². The monoisotopic (exact) mass is 369 g/mol. The van der Waals surface area contributed by atoms with Crippen LogP contribution in [0.25, 0.3) is 0 Å². The molecule has 2 rings (SSSR count). The van der Waals surface area contributed by atoms with Gasteiger partial charge in [-0.15, -0.1) is 11.8 Å². The summed E-state index contributed by atoms with van der Waals surface area (Å²) in [5.74, 6) is 0. The number of hydrogen-bond acceptors (Lipinski definition) is 2. The van der Waals surface area contributed by atoms with Gasteiger partial charge in [-0.3, -0.25) is 0 Å². The highest BCUT2D eigenvalue weighted by Crippen LogP contribution is 2.39. The van der Waals surface area contributed by atoms with Crippen LogP contribution >= 0.6 is 39.3 Å². The Kier molecular flexibility index (Phi) is 5.97. The standard InChI is InChI=1S/C16H17BrClNS/c1-2-15(19)16(11-4-3-5-12(17)10-11)20-14-8-6-13(18)7-9-14/h3-10,15-16H,2,19H2,1H3. The second-order valence-electron chi connectivity index (χ2n) is 4.62.